The van der Waals surface area contributed by atoms with Gasteiger partial charge in [0, 0.05) is 3.57 Å². The molecule has 0 aliphatic heterocycles. The first kappa shape index (κ1) is 16.6. The Morgan fingerprint density at radius 1 is 1.55 bits per heavy atom. The summed E-state index contributed by atoms with van der Waals surface area (Å²) in [5, 5.41) is 9.19. The van der Waals surface area contributed by atoms with Gasteiger partial charge >= 0.3 is 5.97 Å². The Morgan fingerprint density at radius 2 is 2.20 bits per heavy atom. The summed E-state index contributed by atoms with van der Waals surface area (Å²) in [6.45, 7) is -0.603. The van der Waals surface area contributed by atoms with Gasteiger partial charge in [0.1, 0.15) is 12.3 Å². The van der Waals surface area contributed by atoms with Crippen LogP contribution in [0.3, 0.4) is 0 Å². The van der Waals surface area contributed by atoms with E-state index in [1.807, 2.05) is 22.6 Å². The molecule has 7 heteroatoms. The molecule has 0 heterocycles. The number of terminal acetylenes is 1. The fourth-order valence-corrected chi connectivity index (χ4v) is 2.11. The van der Waals surface area contributed by atoms with E-state index in [1.165, 1.54) is 13.2 Å². The van der Waals surface area contributed by atoms with Crippen molar-refractivity contribution in [1.82, 2.24) is 4.90 Å². The summed E-state index contributed by atoms with van der Waals surface area (Å²) in [5.41, 5.74) is 0.175. The maximum Gasteiger partial charge on any atom is 0.323 e. The monoisotopic (exact) mass is 407 g/mol. The van der Waals surface area contributed by atoms with Gasteiger partial charge in [0.05, 0.1) is 24.2 Å². The Bertz CT molecular complexity index is 582. The highest BCUT2D eigenvalue weighted by Gasteiger charge is 2.22. The van der Waals surface area contributed by atoms with Gasteiger partial charge in [-0.25, -0.2) is 0 Å². The average Bonchev–Trinajstić information content (AvgIpc) is 2.39. The molecule has 1 amide bonds. The van der Waals surface area contributed by atoms with Crippen LogP contribution in [0, 0.1) is 15.9 Å². The second kappa shape index (κ2) is 7.36. The summed E-state index contributed by atoms with van der Waals surface area (Å²) in [4.78, 5) is 24.1. The molecule has 0 aliphatic rings. The second-order valence-corrected chi connectivity index (χ2v) is 5.30. The lowest BCUT2D eigenvalue weighted by Crippen LogP contribution is -2.36. The standard InChI is InChI=1S/C13H11ClINO4/c1-3-4-16(7-12(17)18)13(19)8-5-9(14)10(15)6-11(8)20-2/h1,5-6H,4,7H2,2H3,(H,17,18). The van der Waals surface area contributed by atoms with Crippen molar-refractivity contribution in [1.29, 1.82) is 0 Å². The van der Waals surface area contributed by atoms with Crippen LogP contribution in [0.5, 0.6) is 5.75 Å². The van der Waals surface area contributed by atoms with Crippen LogP contribution < -0.4 is 4.74 Å². The van der Waals surface area contributed by atoms with E-state index in [1.54, 1.807) is 6.07 Å². The summed E-state index contributed by atoms with van der Waals surface area (Å²) in [6, 6.07) is 3.04. The average molecular weight is 408 g/mol. The molecule has 0 atom stereocenters. The fraction of sp³-hybridized carbons (Fsp3) is 0.231. The van der Waals surface area contributed by atoms with E-state index in [2.05, 4.69) is 5.92 Å². The zero-order chi connectivity index (χ0) is 15.3. The molecule has 1 aromatic rings. The normalized spacial score (nSPS) is 9.70. The van der Waals surface area contributed by atoms with Crippen molar-refractivity contribution in [3.8, 4) is 18.1 Å². The molecule has 20 heavy (non-hydrogen) atoms. The number of hydrogen-bond donors (Lipinski definition) is 1. The van der Waals surface area contributed by atoms with Crippen molar-refractivity contribution in [2.24, 2.45) is 0 Å². The molecule has 0 spiro atoms. The Morgan fingerprint density at radius 3 is 2.70 bits per heavy atom. The lowest BCUT2D eigenvalue weighted by Gasteiger charge is -2.19. The Hall–Kier alpha value is -1.46. The van der Waals surface area contributed by atoms with Crippen molar-refractivity contribution in [2.75, 3.05) is 20.2 Å². The van der Waals surface area contributed by atoms with Gasteiger partial charge in [-0.2, -0.15) is 0 Å². The SMILES string of the molecule is C#CCN(CC(=O)O)C(=O)c1cc(Cl)c(I)cc1OC. The zero-order valence-electron chi connectivity index (χ0n) is 10.5. The van der Waals surface area contributed by atoms with Crippen LogP contribution in [-0.2, 0) is 4.79 Å². The van der Waals surface area contributed by atoms with Crippen molar-refractivity contribution in [3.05, 3.63) is 26.3 Å². The molecule has 0 saturated heterocycles. The summed E-state index contributed by atoms with van der Waals surface area (Å²) in [5.74, 6) is 0.880. The van der Waals surface area contributed by atoms with Gasteiger partial charge < -0.3 is 14.7 Å². The molecule has 1 N–H and O–H groups in total. The maximum absolute atomic E-state index is 12.3. The Balaban J connectivity index is 3.20. The summed E-state index contributed by atoms with van der Waals surface area (Å²) in [6.07, 6.45) is 5.15. The highest BCUT2D eigenvalue weighted by molar-refractivity contribution is 14.1. The predicted octanol–water partition coefficient (Wildman–Crippen LogP) is 2.11. The van der Waals surface area contributed by atoms with E-state index in [0.29, 0.717) is 10.8 Å². The molecule has 0 radical (unpaired) electrons. The minimum atomic E-state index is -1.15. The smallest absolute Gasteiger partial charge is 0.323 e. The molecule has 0 unspecified atom stereocenters. The summed E-state index contributed by atoms with van der Waals surface area (Å²) < 4.78 is 5.85. The van der Waals surface area contributed by atoms with Gasteiger partial charge in [-0.3, -0.25) is 9.59 Å². The fourth-order valence-electron chi connectivity index (χ4n) is 1.51. The number of carbonyl (C=O) groups excluding carboxylic acids is 1. The predicted molar refractivity (Wildman–Crippen MR) is 83.1 cm³/mol. The number of benzene rings is 1. The maximum atomic E-state index is 12.3. The van der Waals surface area contributed by atoms with Crippen molar-refractivity contribution >= 4 is 46.1 Å². The molecule has 0 aliphatic carbocycles. The minimum absolute atomic E-state index is 0.113. The first-order chi connectivity index (χ1) is 9.40. The largest absolute Gasteiger partial charge is 0.496 e. The van der Waals surface area contributed by atoms with Crippen LogP contribution in [0.15, 0.2) is 12.1 Å². The van der Waals surface area contributed by atoms with Crippen LogP contribution in [0.1, 0.15) is 10.4 Å². The Labute approximate surface area is 135 Å². The van der Waals surface area contributed by atoms with Crippen molar-refractivity contribution < 1.29 is 19.4 Å². The van der Waals surface area contributed by atoms with Gasteiger partial charge in [0.25, 0.3) is 5.91 Å². The number of carboxylic acid groups (broad SMARTS) is 1. The van der Waals surface area contributed by atoms with Gasteiger partial charge in [-0.05, 0) is 34.7 Å². The van der Waals surface area contributed by atoms with E-state index in [0.717, 1.165) is 8.47 Å². The van der Waals surface area contributed by atoms with E-state index in [9.17, 15) is 9.59 Å². The first-order valence-electron chi connectivity index (χ1n) is 5.38. The van der Waals surface area contributed by atoms with Gasteiger partial charge in [-0.15, -0.1) is 6.42 Å². The Kier molecular flexibility index (Phi) is 6.10. The number of rotatable bonds is 5. The number of aliphatic carboxylic acids is 1. The number of methoxy groups -OCH3 is 1. The molecule has 106 valence electrons. The summed E-state index contributed by atoms with van der Waals surface area (Å²) >= 11 is 7.99. The molecular formula is C13H11ClINO4. The number of carbonyl (C=O) groups is 2. The third kappa shape index (κ3) is 4.02. The first-order valence-corrected chi connectivity index (χ1v) is 6.84. The van der Waals surface area contributed by atoms with Crippen molar-refractivity contribution in [2.45, 2.75) is 0 Å². The van der Waals surface area contributed by atoms with Gasteiger partial charge in [-0.1, -0.05) is 17.5 Å². The highest BCUT2D eigenvalue weighted by atomic mass is 127. The molecule has 0 aromatic heterocycles. The molecule has 0 fully saturated rings. The lowest BCUT2D eigenvalue weighted by atomic mass is 10.1. The van der Waals surface area contributed by atoms with E-state index in [-0.39, 0.29) is 12.1 Å². The van der Waals surface area contributed by atoms with Crippen LogP contribution in [0.4, 0.5) is 0 Å². The lowest BCUT2D eigenvalue weighted by molar-refractivity contribution is -0.137. The van der Waals surface area contributed by atoms with Crippen LogP contribution in [-0.4, -0.2) is 42.1 Å². The molecule has 5 nitrogen and oxygen atoms in total. The molecule has 1 aromatic carbocycles. The highest BCUT2D eigenvalue weighted by Crippen LogP contribution is 2.29. The van der Waals surface area contributed by atoms with E-state index < -0.39 is 18.4 Å². The number of halogens is 2. The summed E-state index contributed by atoms with van der Waals surface area (Å²) in [7, 11) is 1.42. The number of carboxylic acids is 1. The zero-order valence-corrected chi connectivity index (χ0v) is 13.4. The van der Waals surface area contributed by atoms with Crippen LogP contribution >= 0.6 is 34.2 Å². The van der Waals surface area contributed by atoms with Gasteiger partial charge in [0.2, 0.25) is 0 Å². The quantitative estimate of drug-likeness (QED) is 0.600. The van der Waals surface area contributed by atoms with Crippen molar-refractivity contribution in [3.63, 3.8) is 0 Å². The number of ether oxygens (including phenoxy) is 1. The van der Waals surface area contributed by atoms with E-state index in [4.69, 9.17) is 27.9 Å². The molecular weight excluding hydrogens is 397 g/mol. The van der Waals surface area contributed by atoms with E-state index >= 15 is 0 Å². The number of hydrogen-bond acceptors (Lipinski definition) is 3. The van der Waals surface area contributed by atoms with Gasteiger partial charge in [0.15, 0.2) is 0 Å². The topological polar surface area (TPSA) is 66.8 Å². The third-order valence-corrected chi connectivity index (χ3v) is 3.89. The van der Waals surface area contributed by atoms with Crippen LogP contribution in [0.25, 0.3) is 0 Å². The second-order valence-electron chi connectivity index (χ2n) is 3.73. The van der Waals surface area contributed by atoms with Crippen LogP contribution in [0.2, 0.25) is 5.02 Å². The molecule has 1 rings (SSSR count). The minimum Gasteiger partial charge on any atom is -0.496 e. The number of amides is 1. The molecule has 0 bridgehead atoms. The third-order valence-electron chi connectivity index (χ3n) is 2.37. The number of nitrogens with zero attached hydrogens (tertiary/aromatic N) is 1. The molecule has 0 saturated carbocycles.